The number of carbonyl (C=O) groups excluding carboxylic acids is 1. The zero-order valence-electron chi connectivity index (χ0n) is 12.4. The van der Waals surface area contributed by atoms with Crippen LogP contribution in [-0.4, -0.2) is 39.5 Å². The summed E-state index contributed by atoms with van der Waals surface area (Å²) in [5.41, 5.74) is 1.22. The van der Waals surface area contributed by atoms with Crippen LogP contribution in [0.1, 0.15) is 11.3 Å². The fourth-order valence-electron chi connectivity index (χ4n) is 2.25. The van der Waals surface area contributed by atoms with E-state index < -0.39 is 5.91 Å². The Hall–Kier alpha value is -2.96. The molecule has 0 spiro atoms. The molecule has 1 aromatic carbocycles. The molecule has 1 amide bonds. The smallest absolute Gasteiger partial charge is 0.289 e. The summed E-state index contributed by atoms with van der Waals surface area (Å²) in [6.07, 6.45) is 1.27. The molecule has 2 aromatic rings. The number of hydrogen-bond donors (Lipinski definition) is 1. The van der Waals surface area contributed by atoms with Gasteiger partial charge in [-0.05, 0) is 6.07 Å². The topological polar surface area (TPSA) is 75.6 Å². The van der Waals surface area contributed by atoms with E-state index in [-0.39, 0.29) is 30.6 Å². The molecule has 23 heavy (non-hydrogen) atoms. The van der Waals surface area contributed by atoms with Gasteiger partial charge in [-0.3, -0.25) is 4.79 Å². The molecule has 6 nitrogen and oxygen atoms in total. The third-order valence-corrected chi connectivity index (χ3v) is 3.51. The highest BCUT2D eigenvalue weighted by Crippen LogP contribution is 2.25. The number of likely N-dealkylation sites (N-methyl/N-ethyl adjacent to an activating group) is 1. The van der Waals surface area contributed by atoms with Gasteiger partial charge in [-0.25, -0.2) is 14.4 Å². The SMILES string of the molecule is CN1CC(c2cc(OCc3ccccc3F)ncn2)=C(O)C1=O. The largest absolute Gasteiger partial charge is 0.503 e. The predicted molar refractivity (Wildman–Crippen MR) is 79.9 cm³/mol. The first kappa shape index (κ1) is 15.0. The Kier molecular flexibility index (Phi) is 3.92. The lowest BCUT2D eigenvalue weighted by Crippen LogP contribution is -2.21. The summed E-state index contributed by atoms with van der Waals surface area (Å²) in [7, 11) is 1.59. The van der Waals surface area contributed by atoms with Gasteiger partial charge < -0.3 is 14.7 Å². The van der Waals surface area contributed by atoms with E-state index in [0.717, 1.165) is 0 Å². The zero-order chi connectivity index (χ0) is 16.4. The molecular weight excluding hydrogens is 301 g/mol. The highest BCUT2D eigenvalue weighted by molar-refractivity contribution is 6.03. The Labute approximate surface area is 131 Å². The molecular formula is C16H14FN3O3. The van der Waals surface area contributed by atoms with Gasteiger partial charge in [0, 0.05) is 24.3 Å². The number of halogens is 1. The normalized spacial score (nSPS) is 14.5. The summed E-state index contributed by atoms with van der Waals surface area (Å²) in [4.78, 5) is 21.0. The first-order valence-corrected chi connectivity index (χ1v) is 6.92. The van der Waals surface area contributed by atoms with Crippen LogP contribution in [0.3, 0.4) is 0 Å². The number of aliphatic hydroxyl groups excluding tert-OH is 1. The molecule has 0 fully saturated rings. The molecule has 0 unspecified atom stereocenters. The Morgan fingerprint density at radius 2 is 2.13 bits per heavy atom. The van der Waals surface area contributed by atoms with E-state index in [4.69, 9.17) is 4.74 Å². The Bertz CT molecular complexity index is 792. The van der Waals surface area contributed by atoms with Gasteiger partial charge in [0.2, 0.25) is 5.88 Å². The number of ether oxygens (including phenoxy) is 1. The first-order chi connectivity index (χ1) is 11.1. The average Bonchev–Trinajstić information content (AvgIpc) is 2.82. The van der Waals surface area contributed by atoms with Crippen molar-refractivity contribution in [3.05, 3.63) is 59.5 Å². The number of hydrogen-bond acceptors (Lipinski definition) is 5. The summed E-state index contributed by atoms with van der Waals surface area (Å²) in [6.45, 7) is 0.279. The number of rotatable bonds is 4. The first-order valence-electron chi connectivity index (χ1n) is 6.92. The minimum atomic E-state index is -0.451. The molecule has 0 saturated carbocycles. The van der Waals surface area contributed by atoms with Gasteiger partial charge >= 0.3 is 0 Å². The number of nitrogens with zero attached hydrogens (tertiary/aromatic N) is 3. The van der Waals surface area contributed by atoms with E-state index in [2.05, 4.69) is 9.97 Å². The molecule has 0 bridgehead atoms. The van der Waals surface area contributed by atoms with E-state index >= 15 is 0 Å². The van der Waals surface area contributed by atoms with Gasteiger partial charge in [0.25, 0.3) is 5.91 Å². The van der Waals surface area contributed by atoms with Gasteiger partial charge in [0.1, 0.15) is 18.8 Å². The fraction of sp³-hybridized carbons (Fsp3) is 0.188. The van der Waals surface area contributed by atoms with Gasteiger partial charge in [-0.1, -0.05) is 18.2 Å². The highest BCUT2D eigenvalue weighted by Gasteiger charge is 2.29. The van der Waals surface area contributed by atoms with Crippen molar-refractivity contribution >= 4 is 11.5 Å². The Balaban J connectivity index is 1.79. The lowest BCUT2D eigenvalue weighted by molar-refractivity contribution is -0.126. The van der Waals surface area contributed by atoms with Crippen molar-refractivity contribution in [2.75, 3.05) is 13.6 Å². The monoisotopic (exact) mass is 315 g/mol. The van der Waals surface area contributed by atoms with Crippen LogP contribution >= 0.6 is 0 Å². The summed E-state index contributed by atoms with van der Waals surface area (Å²) in [5.74, 6) is -0.899. The maximum absolute atomic E-state index is 13.6. The van der Waals surface area contributed by atoms with Crippen molar-refractivity contribution in [3.8, 4) is 5.88 Å². The van der Waals surface area contributed by atoms with E-state index in [1.54, 1.807) is 25.2 Å². The standard InChI is InChI=1S/C16H14FN3O3/c1-20-7-11(15(21)16(20)22)13-6-14(19-9-18-13)23-8-10-4-2-3-5-12(10)17/h2-6,9,21H,7-8H2,1H3. The number of aromatic nitrogens is 2. The second-order valence-electron chi connectivity index (χ2n) is 5.11. The van der Waals surface area contributed by atoms with Crippen molar-refractivity contribution in [3.63, 3.8) is 0 Å². The van der Waals surface area contributed by atoms with E-state index in [1.807, 2.05) is 0 Å². The summed E-state index contributed by atoms with van der Waals surface area (Å²) >= 11 is 0. The molecule has 2 heterocycles. The second-order valence-corrected chi connectivity index (χ2v) is 5.11. The molecule has 1 aliphatic rings. The van der Waals surface area contributed by atoms with Crippen LogP contribution in [-0.2, 0) is 11.4 Å². The molecule has 3 rings (SSSR count). The van der Waals surface area contributed by atoms with Crippen LogP contribution in [0, 0.1) is 5.82 Å². The lowest BCUT2D eigenvalue weighted by Gasteiger charge is -2.09. The van der Waals surface area contributed by atoms with Crippen molar-refractivity contribution in [1.29, 1.82) is 0 Å². The summed E-state index contributed by atoms with van der Waals surface area (Å²) < 4.78 is 19.0. The third-order valence-electron chi connectivity index (χ3n) is 3.51. The van der Waals surface area contributed by atoms with Crippen LogP contribution < -0.4 is 4.74 Å². The molecule has 1 aromatic heterocycles. The number of aliphatic hydroxyl groups is 1. The molecule has 0 aliphatic carbocycles. The number of benzene rings is 1. The number of amides is 1. The van der Waals surface area contributed by atoms with Gasteiger partial charge in [-0.15, -0.1) is 0 Å². The predicted octanol–water partition coefficient (Wildman–Crippen LogP) is 1.94. The van der Waals surface area contributed by atoms with Crippen molar-refractivity contribution in [2.24, 2.45) is 0 Å². The summed E-state index contributed by atoms with van der Waals surface area (Å²) in [5, 5.41) is 9.85. The van der Waals surface area contributed by atoms with Crippen LogP contribution in [0.5, 0.6) is 5.88 Å². The van der Waals surface area contributed by atoms with Crippen molar-refractivity contribution in [1.82, 2.24) is 14.9 Å². The minimum absolute atomic E-state index is 0.0208. The number of carbonyl (C=O) groups is 1. The van der Waals surface area contributed by atoms with Crippen molar-refractivity contribution in [2.45, 2.75) is 6.61 Å². The van der Waals surface area contributed by atoms with Gasteiger partial charge in [-0.2, -0.15) is 0 Å². The minimum Gasteiger partial charge on any atom is -0.503 e. The third kappa shape index (κ3) is 2.98. The molecule has 0 saturated heterocycles. The maximum Gasteiger partial charge on any atom is 0.289 e. The Morgan fingerprint density at radius 1 is 1.35 bits per heavy atom. The van der Waals surface area contributed by atoms with E-state index in [1.165, 1.54) is 23.4 Å². The molecule has 118 valence electrons. The molecule has 1 N–H and O–H groups in total. The van der Waals surface area contributed by atoms with Crippen LogP contribution in [0.2, 0.25) is 0 Å². The van der Waals surface area contributed by atoms with Gasteiger partial charge in [0.15, 0.2) is 5.76 Å². The van der Waals surface area contributed by atoms with E-state index in [0.29, 0.717) is 16.8 Å². The fourth-order valence-corrected chi connectivity index (χ4v) is 2.25. The molecule has 0 radical (unpaired) electrons. The van der Waals surface area contributed by atoms with Gasteiger partial charge in [0.05, 0.1) is 12.2 Å². The van der Waals surface area contributed by atoms with E-state index in [9.17, 15) is 14.3 Å². The van der Waals surface area contributed by atoms with Crippen LogP contribution in [0.4, 0.5) is 4.39 Å². The highest BCUT2D eigenvalue weighted by atomic mass is 19.1. The molecule has 7 heteroatoms. The maximum atomic E-state index is 13.6. The average molecular weight is 315 g/mol. The van der Waals surface area contributed by atoms with Crippen molar-refractivity contribution < 1.29 is 19.0 Å². The Morgan fingerprint density at radius 3 is 2.83 bits per heavy atom. The summed E-state index contributed by atoms with van der Waals surface area (Å²) in [6, 6.07) is 7.81. The molecule has 1 aliphatic heterocycles. The second kappa shape index (κ2) is 6.04. The van der Waals surface area contributed by atoms with Crippen LogP contribution in [0.25, 0.3) is 5.57 Å². The quantitative estimate of drug-likeness (QED) is 0.933. The lowest BCUT2D eigenvalue weighted by atomic mass is 10.2. The zero-order valence-corrected chi connectivity index (χ0v) is 12.4. The van der Waals surface area contributed by atoms with Crippen LogP contribution in [0.15, 0.2) is 42.4 Å². The molecule has 0 atom stereocenters.